The highest BCUT2D eigenvalue weighted by Crippen LogP contribution is 2.44. The van der Waals surface area contributed by atoms with E-state index in [1.165, 1.54) is 26.2 Å². The van der Waals surface area contributed by atoms with Gasteiger partial charge in [-0.25, -0.2) is 9.36 Å². The molecule has 0 aliphatic rings. The van der Waals surface area contributed by atoms with Crippen molar-refractivity contribution in [3.05, 3.63) is 27.8 Å². The highest BCUT2D eigenvalue weighted by atomic mass is 127. The molecule has 1 rings (SSSR count). The van der Waals surface area contributed by atoms with Crippen molar-refractivity contribution < 1.29 is 28.1 Å². The molecule has 0 aromatic heterocycles. The lowest BCUT2D eigenvalue weighted by Gasteiger charge is -2.15. The highest BCUT2D eigenvalue weighted by molar-refractivity contribution is 14.1. The molecule has 1 unspecified atom stereocenters. The summed E-state index contributed by atoms with van der Waals surface area (Å²) >= 11 is 2.08. The van der Waals surface area contributed by atoms with E-state index in [1.807, 2.05) is 0 Å². The molecule has 0 aliphatic heterocycles. The van der Waals surface area contributed by atoms with Gasteiger partial charge >= 0.3 is 13.8 Å². The molecular weight excluding hydrogens is 388 g/mol. The summed E-state index contributed by atoms with van der Waals surface area (Å²) in [4.78, 5) is 25.4. The Morgan fingerprint density at radius 2 is 2.00 bits per heavy atom. The van der Waals surface area contributed by atoms with Gasteiger partial charge in [-0.15, -0.1) is 0 Å². The van der Waals surface area contributed by atoms with Gasteiger partial charge in [0.1, 0.15) is 11.8 Å². The summed E-state index contributed by atoms with van der Waals surface area (Å²) in [5.41, 5.74) is 2.28. The number of phosphoric acid groups is 1. The van der Waals surface area contributed by atoms with Crippen LogP contribution < -0.4 is 10.0 Å². The molecule has 0 amide bonds. The molecule has 0 heterocycles. The first-order valence-corrected chi connectivity index (χ1v) is 7.71. The normalized spacial score (nSPS) is 15.4. The van der Waals surface area contributed by atoms with Gasteiger partial charge in [0.05, 0.1) is 7.11 Å². The van der Waals surface area contributed by atoms with E-state index < -0.39 is 19.8 Å². The second-order valence-corrected chi connectivity index (χ2v) is 6.02. The molecule has 1 aromatic carbocycles. The molecule has 9 heteroatoms. The fraction of sp³-hybridized carbons (Fsp3) is 0.300. The van der Waals surface area contributed by atoms with Gasteiger partial charge in [-0.1, -0.05) is 0 Å². The van der Waals surface area contributed by atoms with Gasteiger partial charge in [0.15, 0.2) is 0 Å². The minimum absolute atomic E-state index is 0.131. The molecule has 0 radical (unpaired) electrons. The average Bonchev–Trinajstić information content (AvgIpc) is 2.31. The third kappa shape index (κ3) is 5.87. The van der Waals surface area contributed by atoms with Crippen LogP contribution >= 0.6 is 30.4 Å². The number of phosphoric ester groups is 1. The summed E-state index contributed by atoms with van der Waals surface area (Å²) in [6, 6.07) is 5.47. The lowest BCUT2D eigenvalue weighted by molar-refractivity contribution is -0.140. The predicted octanol–water partition coefficient (Wildman–Crippen LogP) is 1.85. The Morgan fingerprint density at radius 1 is 1.42 bits per heavy atom. The van der Waals surface area contributed by atoms with Crippen molar-refractivity contribution in [1.82, 2.24) is 5.48 Å². The van der Waals surface area contributed by atoms with Crippen LogP contribution in [-0.4, -0.2) is 24.0 Å². The van der Waals surface area contributed by atoms with Gasteiger partial charge in [0, 0.05) is 3.57 Å². The van der Waals surface area contributed by atoms with Crippen LogP contribution in [0.5, 0.6) is 5.75 Å². The van der Waals surface area contributed by atoms with Crippen LogP contribution in [0.15, 0.2) is 24.3 Å². The van der Waals surface area contributed by atoms with Crippen molar-refractivity contribution in [3.8, 4) is 5.75 Å². The Hall–Kier alpha value is -0.670. The van der Waals surface area contributed by atoms with Gasteiger partial charge in [0.25, 0.3) is 0 Å². The fourth-order valence-electron chi connectivity index (χ4n) is 1.06. The standard InChI is InChI=1S/C10H13INO6P/c1-7(12-16-2)10(13)18-19(14,15)17-9-5-3-8(11)4-6-9/h3-7,12H,1-2H3,(H,14,15)/t7-/m0/s1. The summed E-state index contributed by atoms with van der Waals surface area (Å²) in [6.07, 6.45) is 0. The molecule has 2 N–H and O–H groups in total. The molecule has 1 aromatic rings. The molecule has 19 heavy (non-hydrogen) atoms. The van der Waals surface area contributed by atoms with Crippen LogP contribution in [0.2, 0.25) is 0 Å². The molecular formula is C10H13INO6P. The topological polar surface area (TPSA) is 94.1 Å². The average molecular weight is 401 g/mol. The Bertz CT molecular complexity index is 479. The summed E-state index contributed by atoms with van der Waals surface area (Å²) in [5.74, 6) is -0.829. The third-order valence-electron chi connectivity index (χ3n) is 1.89. The Morgan fingerprint density at radius 3 is 2.53 bits per heavy atom. The molecule has 0 aliphatic carbocycles. The number of hydrogen-bond donors (Lipinski definition) is 2. The number of benzene rings is 1. The predicted molar refractivity (Wildman–Crippen MR) is 75.3 cm³/mol. The van der Waals surface area contributed by atoms with Crippen LogP contribution in [0.25, 0.3) is 0 Å². The quantitative estimate of drug-likeness (QED) is 0.427. The number of nitrogens with one attached hydrogen (secondary N) is 1. The molecule has 7 nitrogen and oxygen atoms in total. The summed E-state index contributed by atoms with van der Waals surface area (Å²) < 4.78 is 21.7. The van der Waals surface area contributed by atoms with Crippen LogP contribution in [-0.2, 0) is 18.7 Å². The highest BCUT2D eigenvalue weighted by Gasteiger charge is 2.30. The zero-order chi connectivity index (χ0) is 14.5. The lowest BCUT2D eigenvalue weighted by Crippen LogP contribution is -2.34. The fourth-order valence-corrected chi connectivity index (χ4v) is 2.24. The zero-order valence-corrected chi connectivity index (χ0v) is 13.3. The first kappa shape index (κ1) is 16.4. The number of hydrogen-bond acceptors (Lipinski definition) is 6. The smallest absolute Gasteiger partial charge is 0.395 e. The van der Waals surface area contributed by atoms with E-state index in [-0.39, 0.29) is 5.75 Å². The Balaban J connectivity index is 2.63. The molecule has 0 saturated carbocycles. The second kappa shape index (κ2) is 7.20. The summed E-state index contributed by atoms with van der Waals surface area (Å²) in [5, 5.41) is 0. The summed E-state index contributed by atoms with van der Waals surface area (Å²) in [6.45, 7) is 1.41. The van der Waals surface area contributed by atoms with Crippen molar-refractivity contribution >= 4 is 36.4 Å². The van der Waals surface area contributed by atoms with Crippen LogP contribution in [0.3, 0.4) is 0 Å². The van der Waals surface area contributed by atoms with Gasteiger partial charge in [-0.05, 0) is 53.8 Å². The molecule has 2 atom stereocenters. The number of carbonyl (C=O) groups excluding carboxylic acids is 1. The Labute approximate surface area is 124 Å². The second-order valence-electron chi connectivity index (χ2n) is 3.47. The number of rotatable bonds is 6. The van der Waals surface area contributed by atoms with Crippen LogP contribution in [0.1, 0.15) is 6.92 Å². The molecule has 0 bridgehead atoms. The van der Waals surface area contributed by atoms with Crippen molar-refractivity contribution in [1.29, 1.82) is 0 Å². The van der Waals surface area contributed by atoms with E-state index in [0.29, 0.717) is 0 Å². The van der Waals surface area contributed by atoms with Gasteiger partial charge in [-0.3, -0.25) is 4.89 Å². The molecule has 0 spiro atoms. The molecule has 0 saturated heterocycles. The van der Waals surface area contributed by atoms with E-state index in [1.54, 1.807) is 12.1 Å². The minimum Gasteiger partial charge on any atom is -0.395 e. The Kier molecular flexibility index (Phi) is 6.21. The molecule has 0 fully saturated rings. The first-order chi connectivity index (χ1) is 8.84. The first-order valence-electron chi connectivity index (χ1n) is 5.14. The van der Waals surface area contributed by atoms with E-state index >= 15 is 0 Å². The zero-order valence-electron chi connectivity index (χ0n) is 10.2. The van der Waals surface area contributed by atoms with Gasteiger partial charge < -0.3 is 13.9 Å². The van der Waals surface area contributed by atoms with Crippen molar-refractivity contribution in [2.45, 2.75) is 13.0 Å². The number of hydroxylamine groups is 1. The number of halogens is 1. The van der Waals surface area contributed by atoms with Crippen LogP contribution in [0, 0.1) is 3.57 Å². The monoisotopic (exact) mass is 401 g/mol. The van der Waals surface area contributed by atoms with E-state index in [9.17, 15) is 14.3 Å². The molecule has 106 valence electrons. The van der Waals surface area contributed by atoms with Crippen molar-refractivity contribution in [3.63, 3.8) is 0 Å². The van der Waals surface area contributed by atoms with Crippen LogP contribution in [0.4, 0.5) is 0 Å². The van der Waals surface area contributed by atoms with E-state index in [0.717, 1.165) is 3.57 Å². The van der Waals surface area contributed by atoms with E-state index in [4.69, 9.17) is 4.52 Å². The SMILES string of the molecule is CON[C@@H](C)C(=O)OP(=O)(O)Oc1ccc(I)cc1. The maximum Gasteiger partial charge on any atom is 0.587 e. The third-order valence-corrected chi connectivity index (χ3v) is 3.46. The summed E-state index contributed by atoms with van der Waals surface area (Å²) in [7, 11) is -3.20. The van der Waals surface area contributed by atoms with E-state index in [2.05, 4.69) is 37.4 Å². The number of carbonyl (C=O) groups is 1. The van der Waals surface area contributed by atoms with Gasteiger partial charge in [-0.2, -0.15) is 5.48 Å². The largest absolute Gasteiger partial charge is 0.587 e. The van der Waals surface area contributed by atoms with Crippen molar-refractivity contribution in [2.75, 3.05) is 7.11 Å². The minimum atomic E-state index is -4.51. The maximum absolute atomic E-state index is 11.6. The van der Waals surface area contributed by atoms with Crippen molar-refractivity contribution in [2.24, 2.45) is 0 Å². The lowest BCUT2D eigenvalue weighted by atomic mass is 10.3. The van der Waals surface area contributed by atoms with Gasteiger partial charge in [0.2, 0.25) is 0 Å². The maximum atomic E-state index is 11.6.